The van der Waals surface area contributed by atoms with E-state index in [1.807, 2.05) is 35.8 Å². The summed E-state index contributed by atoms with van der Waals surface area (Å²) in [6.45, 7) is 0.807. The summed E-state index contributed by atoms with van der Waals surface area (Å²) in [5.74, 6) is -1.08. The standard InChI is InChI=1S/C13H15N3O2/c1-15-7-5-9(13(17)18)12(15)10-8-14-11-4-2-3-6-16(10)11/h2-4,6,8-9,12H,5,7H2,1H3,(H,17,18)/t9-,12-/m0/s1. The zero-order valence-electron chi connectivity index (χ0n) is 10.2. The number of nitrogens with zero attached hydrogens (tertiary/aromatic N) is 3. The van der Waals surface area contributed by atoms with Crippen molar-refractivity contribution in [1.29, 1.82) is 0 Å². The molecule has 1 N–H and O–H groups in total. The maximum absolute atomic E-state index is 11.3. The summed E-state index contributed by atoms with van der Waals surface area (Å²) < 4.78 is 1.97. The van der Waals surface area contributed by atoms with Crippen LogP contribution < -0.4 is 0 Å². The molecule has 3 rings (SSSR count). The second kappa shape index (κ2) is 4.10. The monoisotopic (exact) mass is 245 g/mol. The molecule has 1 saturated heterocycles. The predicted octanol–water partition coefficient (Wildman–Crippen LogP) is 1.41. The van der Waals surface area contributed by atoms with E-state index in [9.17, 15) is 9.90 Å². The minimum atomic E-state index is -0.727. The van der Waals surface area contributed by atoms with Gasteiger partial charge in [0.2, 0.25) is 0 Å². The van der Waals surface area contributed by atoms with Gasteiger partial charge in [0.05, 0.1) is 23.9 Å². The van der Waals surface area contributed by atoms with Gasteiger partial charge in [0, 0.05) is 6.20 Å². The van der Waals surface area contributed by atoms with Crippen LogP contribution in [0.3, 0.4) is 0 Å². The molecule has 1 aliphatic heterocycles. The number of pyridine rings is 1. The highest BCUT2D eigenvalue weighted by atomic mass is 16.4. The molecule has 1 fully saturated rings. The Kier molecular flexibility index (Phi) is 2.56. The van der Waals surface area contributed by atoms with Gasteiger partial charge in [-0.3, -0.25) is 9.69 Å². The minimum absolute atomic E-state index is 0.0973. The van der Waals surface area contributed by atoms with E-state index in [4.69, 9.17) is 0 Å². The first kappa shape index (κ1) is 11.2. The molecule has 94 valence electrons. The molecule has 3 heterocycles. The molecule has 0 bridgehead atoms. The van der Waals surface area contributed by atoms with Gasteiger partial charge in [-0.25, -0.2) is 4.98 Å². The number of likely N-dealkylation sites (tertiary alicyclic amines) is 1. The number of carboxylic acids is 1. The highest BCUT2D eigenvalue weighted by Crippen LogP contribution is 2.36. The van der Waals surface area contributed by atoms with Crippen LogP contribution in [-0.2, 0) is 4.79 Å². The number of fused-ring (bicyclic) bond motifs is 1. The molecule has 0 unspecified atom stereocenters. The molecule has 0 radical (unpaired) electrons. The first-order chi connectivity index (χ1) is 8.68. The van der Waals surface area contributed by atoms with Crippen LogP contribution in [0, 0.1) is 5.92 Å². The van der Waals surface area contributed by atoms with Crippen LogP contribution in [0.15, 0.2) is 30.6 Å². The quantitative estimate of drug-likeness (QED) is 0.869. The van der Waals surface area contributed by atoms with Gasteiger partial charge >= 0.3 is 5.97 Å². The van der Waals surface area contributed by atoms with Crippen LogP contribution in [0.2, 0.25) is 0 Å². The van der Waals surface area contributed by atoms with Crippen LogP contribution in [0.1, 0.15) is 18.2 Å². The summed E-state index contributed by atoms with van der Waals surface area (Å²) >= 11 is 0. The third-order valence-electron chi connectivity index (χ3n) is 3.71. The lowest BCUT2D eigenvalue weighted by atomic mass is 9.98. The number of carbonyl (C=O) groups is 1. The Labute approximate surface area is 105 Å². The maximum Gasteiger partial charge on any atom is 0.308 e. The van der Waals surface area contributed by atoms with E-state index in [-0.39, 0.29) is 12.0 Å². The lowest BCUT2D eigenvalue weighted by Crippen LogP contribution is -2.26. The lowest BCUT2D eigenvalue weighted by molar-refractivity contribution is -0.142. The highest BCUT2D eigenvalue weighted by molar-refractivity contribution is 5.71. The van der Waals surface area contributed by atoms with Gasteiger partial charge in [-0.2, -0.15) is 0 Å². The van der Waals surface area contributed by atoms with Crippen LogP contribution in [0.5, 0.6) is 0 Å². The van der Waals surface area contributed by atoms with Gasteiger partial charge in [-0.1, -0.05) is 6.07 Å². The Bertz CT molecular complexity index is 593. The summed E-state index contributed by atoms with van der Waals surface area (Å²) in [7, 11) is 1.97. The minimum Gasteiger partial charge on any atom is -0.481 e. The molecule has 2 atom stereocenters. The fraction of sp³-hybridized carbons (Fsp3) is 0.385. The normalized spacial score (nSPS) is 24.7. The first-order valence-corrected chi connectivity index (χ1v) is 6.03. The number of imidazole rings is 1. The third-order valence-corrected chi connectivity index (χ3v) is 3.71. The van der Waals surface area contributed by atoms with E-state index in [2.05, 4.69) is 9.88 Å². The number of aliphatic carboxylic acids is 1. The Morgan fingerprint density at radius 2 is 2.33 bits per heavy atom. The summed E-state index contributed by atoms with van der Waals surface area (Å²) in [6, 6.07) is 5.69. The summed E-state index contributed by atoms with van der Waals surface area (Å²) in [6.07, 6.45) is 4.41. The fourth-order valence-corrected chi connectivity index (χ4v) is 2.81. The zero-order chi connectivity index (χ0) is 12.7. The molecule has 2 aromatic heterocycles. The average Bonchev–Trinajstić information content (AvgIpc) is 2.92. The molecule has 0 amide bonds. The van der Waals surface area contributed by atoms with E-state index in [0.29, 0.717) is 6.42 Å². The molecular weight excluding hydrogens is 230 g/mol. The smallest absolute Gasteiger partial charge is 0.308 e. The number of rotatable bonds is 2. The predicted molar refractivity (Wildman–Crippen MR) is 66.3 cm³/mol. The fourth-order valence-electron chi connectivity index (χ4n) is 2.81. The Morgan fingerprint density at radius 1 is 1.50 bits per heavy atom. The molecular formula is C13H15N3O2. The van der Waals surface area contributed by atoms with Gasteiger partial charge < -0.3 is 9.51 Å². The van der Waals surface area contributed by atoms with Crippen molar-refractivity contribution in [3.05, 3.63) is 36.3 Å². The van der Waals surface area contributed by atoms with Crippen molar-refractivity contribution in [2.45, 2.75) is 12.5 Å². The highest BCUT2D eigenvalue weighted by Gasteiger charge is 2.39. The van der Waals surface area contributed by atoms with Gasteiger partial charge in [0.1, 0.15) is 5.65 Å². The van der Waals surface area contributed by atoms with Crippen molar-refractivity contribution in [2.75, 3.05) is 13.6 Å². The largest absolute Gasteiger partial charge is 0.481 e. The molecule has 0 aromatic carbocycles. The zero-order valence-corrected chi connectivity index (χ0v) is 10.2. The molecule has 0 aliphatic carbocycles. The number of aromatic nitrogens is 2. The maximum atomic E-state index is 11.3. The molecule has 1 aliphatic rings. The number of hydrogen-bond donors (Lipinski definition) is 1. The van der Waals surface area contributed by atoms with E-state index in [1.54, 1.807) is 6.20 Å². The molecule has 0 saturated carbocycles. The summed E-state index contributed by atoms with van der Waals surface area (Å²) in [5, 5.41) is 9.32. The van der Waals surface area contributed by atoms with Crippen molar-refractivity contribution < 1.29 is 9.90 Å². The third kappa shape index (κ3) is 1.59. The van der Waals surface area contributed by atoms with Gasteiger partial charge in [0.25, 0.3) is 0 Å². The van der Waals surface area contributed by atoms with Crippen LogP contribution >= 0.6 is 0 Å². The first-order valence-electron chi connectivity index (χ1n) is 6.03. The number of hydrogen-bond acceptors (Lipinski definition) is 3. The topological polar surface area (TPSA) is 57.8 Å². The van der Waals surface area contributed by atoms with E-state index in [1.165, 1.54) is 0 Å². The molecule has 5 nitrogen and oxygen atoms in total. The molecule has 18 heavy (non-hydrogen) atoms. The van der Waals surface area contributed by atoms with Gasteiger partial charge in [-0.15, -0.1) is 0 Å². The second-order valence-electron chi connectivity index (χ2n) is 4.77. The lowest BCUT2D eigenvalue weighted by Gasteiger charge is -2.22. The van der Waals surface area contributed by atoms with Crippen molar-refractivity contribution in [3.8, 4) is 0 Å². The Hall–Kier alpha value is -1.88. The Morgan fingerprint density at radius 3 is 3.11 bits per heavy atom. The van der Waals surface area contributed by atoms with E-state index < -0.39 is 5.97 Å². The summed E-state index contributed by atoms with van der Waals surface area (Å²) in [5.41, 5.74) is 1.81. The molecule has 0 spiro atoms. The average molecular weight is 245 g/mol. The Balaban J connectivity index is 2.10. The van der Waals surface area contributed by atoms with Crippen LogP contribution in [0.4, 0.5) is 0 Å². The second-order valence-corrected chi connectivity index (χ2v) is 4.77. The van der Waals surface area contributed by atoms with Crippen molar-refractivity contribution in [3.63, 3.8) is 0 Å². The van der Waals surface area contributed by atoms with Crippen molar-refractivity contribution in [1.82, 2.24) is 14.3 Å². The van der Waals surface area contributed by atoms with E-state index in [0.717, 1.165) is 17.9 Å². The molecule has 2 aromatic rings. The SMILES string of the molecule is CN1CC[C@H](C(=O)O)[C@H]1c1cnc2ccccn12. The summed E-state index contributed by atoms with van der Waals surface area (Å²) in [4.78, 5) is 17.8. The van der Waals surface area contributed by atoms with Gasteiger partial charge in [0.15, 0.2) is 0 Å². The van der Waals surface area contributed by atoms with Crippen molar-refractivity contribution >= 4 is 11.6 Å². The van der Waals surface area contributed by atoms with Crippen LogP contribution in [0.25, 0.3) is 5.65 Å². The van der Waals surface area contributed by atoms with E-state index >= 15 is 0 Å². The van der Waals surface area contributed by atoms with Crippen molar-refractivity contribution in [2.24, 2.45) is 5.92 Å². The van der Waals surface area contributed by atoms with Crippen LogP contribution in [-0.4, -0.2) is 39.0 Å². The number of carboxylic acid groups (broad SMARTS) is 1. The van der Waals surface area contributed by atoms with Gasteiger partial charge in [-0.05, 0) is 32.1 Å². The molecule has 5 heteroatoms.